The quantitative estimate of drug-likeness (QED) is 0.878. The highest BCUT2D eigenvalue weighted by Crippen LogP contribution is 2.36. The van der Waals surface area contributed by atoms with E-state index in [1.165, 1.54) is 6.07 Å². The Hall–Kier alpha value is -0.940. The van der Waals surface area contributed by atoms with Crippen molar-refractivity contribution >= 4 is 17.3 Å². The van der Waals surface area contributed by atoms with Crippen LogP contribution >= 0.6 is 11.6 Å². The maximum absolute atomic E-state index is 12.8. The molecule has 2 atom stereocenters. The molecule has 0 aliphatic carbocycles. The van der Waals surface area contributed by atoms with E-state index >= 15 is 0 Å². The maximum atomic E-state index is 12.8. The van der Waals surface area contributed by atoms with Gasteiger partial charge in [-0.25, -0.2) is 0 Å². The highest BCUT2D eigenvalue weighted by atomic mass is 35.5. The van der Waals surface area contributed by atoms with Crippen LogP contribution in [0.5, 0.6) is 0 Å². The third kappa shape index (κ3) is 3.58. The van der Waals surface area contributed by atoms with E-state index in [2.05, 4.69) is 24.2 Å². The molecule has 1 aliphatic rings. The zero-order chi connectivity index (χ0) is 14.9. The van der Waals surface area contributed by atoms with E-state index in [4.69, 9.17) is 11.6 Å². The molecule has 0 spiro atoms. The second-order valence-corrected chi connectivity index (χ2v) is 5.79. The van der Waals surface area contributed by atoms with Gasteiger partial charge in [0.25, 0.3) is 0 Å². The zero-order valence-corrected chi connectivity index (χ0v) is 12.2. The van der Waals surface area contributed by atoms with Crippen LogP contribution in [0.4, 0.5) is 18.9 Å². The van der Waals surface area contributed by atoms with Crippen LogP contribution in [0.25, 0.3) is 0 Å². The van der Waals surface area contributed by atoms with Crippen molar-refractivity contribution in [2.24, 2.45) is 0 Å². The summed E-state index contributed by atoms with van der Waals surface area (Å²) < 4.78 is 38.4. The number of alkyl halides is 3. The van der Waals surface area contributed by atoms with Gasteiger partial charge in [-0.15, -0.1) is 0 Å². The van der Waals surface area contributed by atoms with Gasteiger partial charge in [-0.1, -0.05) is 11.6 Å². The minimum absolute atomic E-state index is 0.198. The van der Waals surface area contributed by atoms with Crippen molar-refractivity contribution in [1.29, 1.82) is 0 Å². The van der Waals surface area contributed by atoms with Crippen molar-refractivity contribution in [3.8, 4) is 0 Å². The molecule has 0 bridgehead atoms. The number of halogens is 4. The number of hydrogen-bond donors (Lipinski definition) is 1. The Kier molecular flexibility index (Phi) is 4.49. The minimum atomic E-state index is -4.42. The van der Waals surface area contributed by atoms with Gasteiger partial charge in [0.05, 0.1) is 10.6 Å². The zero-order valence-electron chi connectivity index (χ0n) is 11.5. The standard InChI is InChI=1S/C14H18ClF3N2/c1-9-7-11(5-6-20(9)2)19-10-3-4-13(15)12(8-10)14(16,17)18/h3-4,8-9,11,19H,5-7H2,1-2H3. The Labute approximate surface area is 121 Å². The number of hydrogen-bond acceptors (Lipinski definition) is 2. The molecule has 2 nitrogen and oxygen atoms in total. The summed E-state index contributed by atoms with van der Waals surface area (Å²) in [5.41, 5.74) is -0.311. The molecule has 2 rings (SSSR count). The van der Waals surface area contributed by atoms with Crippen LogP contribution in [0.1, 0.15) is 25.3 Å². The lowest BCUT2D eigenvalue weighted by molar-refractivity contribution is -0.137. The fourth-order valence-electron chi connectivity index (χ4n) is 2.49. The average molecular weight is 307 g/mol. The van der Waals surface area contributed by atoms with Crippen molar-refractivity contribution in [2.45, 2.75) is 38.0 Å². The summed E-state index contributed by atoms with van der Waals surface area (Å²) in [6, 6.07) is 4.61. The van der Waals surface area contributed by atoms with Crippen LogP contribution in [0.2, 0.25) is 5.02 Å². The smallest absolute Gasteiger partial charge is 0.382 e. The van der Waals surface area contributed by atoms with Crippen LogP contribution in [0.3, 0.4) is 0 Å². The number of rotatable bonds is 2. The summed E-state index contributed by atoms with van der Waals surface area (Å²) in [5, 5.41) is 2.92. The summed E-state index contributed by atoms with van der Waals surface area (Å²) in [5.74, 6) is 0. The molecular weight excluding hydrogens is 289 g/mol. The van der Waals surface area contributed by atoms with Crippen molar-refractivity contribution < 1.29 is 13.2 Å². The fraction of sp³-hybridized carbons (Fsp3) is 0.571. The van der Waals surface area contributed by atoms with Gasteiger partial charge in [0, 0.05) is 24.3 Å². The van der Waals surface area contributed by atoms with Crippen LogP contribution in [-0.2, 0) is 6.18 Å². The van der Waals surface area contributed by atoms with Gasteiger partial charge in [0.2, 0.25) is 0 Å². The van der Waals surface area contributed by atoms with Gasteiger partial charge in [-0.2, -0.15) is 13.2 Å². The second kappa shape index (κ2) is 5.82. The Morgan fingerprint density at radius 2 is 2.05 bits per heavy atom. The predicted molar refractivity (Wildman–Crippen MR) is 75.2 cm³/mol. The largest absolute Gasteiger partial charge is 0.417 e. The Morgan fingerprint density at radius 1 is 1.35 bits per heavy atom. The first kappa shape index (κ1) is 15.4. The molecule has 0 aromatic heterocycles. The molecule has 0 radical (unpaired) electrons. The number of anilines is 1. The Morgan fingerprint density at radius 3 is 2.65 bits per heavy atom. The number of benzene rings is 1. The third-order valence-corrected chi connectivity index (χ3v) is 4.18. The van der Waals surface area contributed by atoms with Crippen molar-refractivity contribution in [3.05, 3.63) is 28.8 Å². The molecule has 112 valence electrons. The van der Waals surface area contributed by atoms with Gasteiger partial charge >= 0.3 is 6.18 Å². The predicted octanol–water partition coefficient (Wildman–Crippen LogP) is 4.25. The molecule has 1 aromatic carbocycles. The normalized spacial score (nSPS) is 24.7. The van der Waals surface area contributed by atoms with Gasteiger partial charge < -0.3 is 10.2 Å². The van der Waals surface area contributed by atoms with Crippen molar-refractivity contribution in [3.63, 3.8) is 0 Å². The summed E-state index contributed by atoms with van der Waals surface area (Å²) in [7, 11) is 2.06. The fourth-order valence-corrected chi connectivity index (χ4v) is 2.71. The van der Waals surface area contributed by atoms with E-state index in [0.29, 0.717) is 11.7 Å². The molecule has 1 N–H and O–H groups in total. The van der Waals surface area contributed by atoms with Crippen molar-refractivity contribution in [1.82, 2.24) is 4.90 Å². The van der Waals surface area contributed by atoms with E-state index in [9.17, 15) is 13.2 Å². The van der Waals surface area contributed by atoms with E-state index in [1.807, 2.05) is 0 Å². The molecule has 1 aliphatic heterocycles. The molecule has 6 heteroatoms. The number of nitrogens with one attached hydrogen (secondary N) is 1. The summed E-state index contributed by atoms with van der Waals surface area (Å²) in [6.45, 7) is 3.06. The number of piperidine rings is 1. The second-order valence-electron chi connectivity index (χ2n) is 5.39. The van der Waals surface area contributed by atoms with Crippen LogP contribution in [0.15, 0.2) is 18.2 Å². The monoisotopic (exact) mass is 306 g/mol. The van der Waals surface area contributed by atoms with E-state index in [0.717, 1.165) is 25.5 Å². The highest BCUT2D eigenvalue weighted by Gasteiger charge is 2.33. The molecule has 0 saturated carbocycles. The molecule has 20 heavy (non-hydrogen) atoms. The molecular formula is C14H18ClF3N2. The average Bonchev–Trinajstić information content (AvgIpc) is 2.35. The Balaban J connectivity index is 2.11. The van der Waals surface area contributed by atoms with E-state index < -0.39 is 11.7 Å². The van der Waals surface area contributed by atoms with Gasteiger partial charge in [0.15, 0.2) is 0 Å². The maximum Gasteiger partial charge on any atom is 0.417 e. The molecule has 1 aromatic rings. The van der Waals surface area contributed by atoms with Crippen LogP contribution in [-0.4, -0.2) is 30.6 Å². The topological polar surface area (TPSA) is 15.3 Å². The lowest BCUT2D eigenvalue weighted by Crippen LogP contribution is -2.42. The van der Waals surface area contributed by atoms with Gasteiger partial charge in [-0.05, 0) is 45.0 Å². The van der Waals surface area contributed by atoms with E-state index in [-0.39, 0.29) is 11.1 Å². The first-order valence-corrected chi connectivity index (χ1v) is 6.98. The molecule has 2 unspecified atom stereocenters. The molecule has 1 saturated heterocycles. The number of nitrogens with zero attached hydrogens (tertiary/aromatic N) is 1. The minimum Gasteiger partial charge on any atom is -0.382 e. The van der Waals surface area contributed by atoms with Crippen LogP contribution < -0.4 is 5.32 Å². The van der Waals surface area contributed by atoms with Gasteiger partial charge in [0.1, 0.15) is 0 Å². The Bertz CT molecular complexity index is 476. The summed E-state index contributed by atoms with van der Waals surface area (Å²) in [4.78, 5) is 2.25. The number of likely N-dealkylation sites (tertiary alicyclic amines) is 1. The first-order chi connectivity index (χ1) is 9.27. The highest BCUT2D eigenvalue weighted by molar-refractivity contribution is 6.31. The van der Waals surface area contributed by atoms with Crippen molar-refractivity contribution in [2.75, 3.05) is 18.9 Å². The summed E-state index contributed by atoms with van der Waals surface area (Å²) in [6.07, 6.45) is -2.58. The summed E-state index contributed by atoms with van der Waals surface area (Å²) >= 11 is 5.61. The SMILES string of the molecule is CC1CC(Nc2ccc(Cl)c(C(F)(F)F)c2)CCN1C. The molecule has 0 amide bonds. The van der Waals surface area contributed by atoms with Crippen LogP contribution in [0, 0.1) is 0 Å². The molecule has 1 heterocycles. The lowest BCUT2D eigenvalue weighted by Gasteiger charge is -2.35. The third-order valence-electron chi connectivity index (χ3n) is 3.85. The van der Waals surface area contributed by atoms with Gasteiger partial charge in [-0.3, -0.25) is 0 Å². The first-order valence-electron chi connectivity index (χ1n) is 6.61. The van der Waals surface area contributed by atoms with E-state index in [1.54, 1.807) is 6.07 Å². The lowest BCUT2D eigenvalue weighted by atomic mass is 9.98. The molecule has 1 fully saturated rings.